The molecule has 0 aliphatic carbocycles. The number of rotatable bonds is 8. The summed E-state index contributed by atoms with van der Waals surface area (Å²) in [5.74, 6) is -0.616. The number of benzene rings is 4. The van der Waals surface area contributed by atoms with E-state index in [1.807, 2.05) is 42.5 Å². The molecule has 1 aliphatic rings. The summed E-state index contributed by atoms with van der Waals surface area (Å²) in [5.41, 5.74) is 4.24. The highest BCUT2D eigenvalue weighted by molar-refractivity contribution is 6.30. The Kier molecular flexibility index (Phi) is 7.78. The van der Waals surface area contributed by atoms with Gasteiger partial charge in [0, 0.05) is 22.2 Å². The van der Waals surface area contributed by atoms with Gasteiger partial charge in [-0.2, -0.15) is 0 Å². The quantitative estimate of drug-likeness (QED) is 0.185. The predicted molar refractivity (Wildman–Crippen MR) is 162 cm³/mol. The van der Waals surface area contributed by atoms with E-state index in [1.165, 1.54) is 4.90 Å². The maximum atomic E-state index is 13.7. The maximum Gasteiger partial charge on any atom is 0.257 e. The lowest BCUT2D eigenvalue weighted by Gasteiger charge is -2.28. The molecule has 1 aliphatic heterocycles. The first-order valence-electron chi connectivity index (χ1n) is 13.5. The number of para-hydroxylation sites is 2. The number of oxazole rings is 1. The van der Waals surface area contributed by atoms with Crippen LogP contribution in [-0.2, 0) is 27.2 Å². The highest BCUT2D eigenvalue weighted by Gasteiger charge is 2.44. The summed E-state index contributed by atoms with van der Waals surface area (Å²) in [6, 6.07) is 27.8. The fourth-order valence-corrected chi connectivity index (χ4v) is 5.49. The number of imide groups is 1. The second-order valence-electron chi connectivity index (χ2n) is 10.1. The molecule has 6 rings (SSSR count). The third kappa shape index (κ3) is 5.79. The second kappa shape index (κ2) is 11.8. The van der Waals surface area contributed by atoms with Crippen LogP contribution in [0.2, 0.25) is 10.0 Å². The number of fused-ring (bicyclic) bond motifs is 1. The number of hydrogen-bond donors (Lipinski definition) is 0. The highest BCUT2D eigenvalue weighted by Crippen LogP contribution is 2.30. The van der Waals surface area contributed by atoms with E-state index in [-0.39, 0.29) is 31.2 Å². The van der Waals surface area contributed by atoms with Crippen molar-refractivity contribution in [1.82, 2.24) is 9.88 Å². The SMILES string of the molecule is O=C1CC(N(CCc2cccc(Cl)c2)C(=O)Cc2ccc(Cl)cc2)C(=O)N1c1ccc(-c2nc3ccccc3o2)cc1. The molecule has 0 N–H and O–H groups in total. The zero-order chi connectivity index (χ0) is 29.2. The van der Waals surface area contributed by atoms with Crippen molar-refractivity contribution < 1.29 is 18.8 Å². The van der Waals surface area contributed by atoms with Gasteiger partial charge in [0.15, 0.2) is 5.58 Å². The van der Waals surface area contributed by atoms with E-state index in [0.29, 0.717) is 39.2 Å². The molecule has 9 heteroatoms. The summed E-state index contributed by atoms with van der Waals surface area (Å²) < 4.78 is 5.84. The Morgan fingerprint density at radius 1 is 0.881 bits per heavy atom. The van der Waals surface area contributed by atoms with Crippen LogP contribution in [-0.4, -0.2) is 40.2 Å². The van der Waals surface area contributed by atoms with Crippen LogP contribution in [0.15, 0.2) is 101 Å². The topological polar surface area (TPSA) is 83.7 Å². The second-order valence-corrected chi connectivity index (χ2v) is 11.0. The summed E-state index contributed by atoms with van der Waals surface area (Å²) in [5, 5.41) is 1.16. The summed E-state index contributed by atoms with van der Waals surface area (Å²) in [4.78, 5) is 47.7. The zero-order valence-electron chi connectivity index (χ0n) is 22.4. The number of anilines is 1. The molecule has 5 aromatic rings. The Bertz CT molecular complexity index is 1750. The van der Waals surface area contributed by atoms with Crippen LogP contribution in [0.4, 0.5) is 5.69 Å². The summed E-state index contributed by atoms with van der Waals surface area (Å²) >= 11 is 12.2. The third-order valence-electron chi connectivity index (χ3n) is 7.28. The van der Waals surface area contributed by atoms with Gasteiger partial charge in [-0.1, -0.05) is 59.6 Å². The lowest BCUT2D eigenvalue weighted by atomic mass is 10.1. The van der Waals surface area contributed by atoms with Gasteiger partial charge in [0.1, 0.15) is 11.6 Å². The molecule has 1 unspecified atom stereocenters. The molecule has 2 heterocycles. The number of carbonyl (C=O) groups is 3. The molecule has 0 spiro atoms. The van der Waals surface area contributed by atoms with Crippen molar-refractivity contribution in [3.8, 4) is 11.5 Å². The Morgan fingerprint density at radius 3 is 2.38 bits per heavy atom. The van der Waals surface area contributed by atoms with Crippen LogP contribution in [0, 0.1) is 0 Å². The van der Waals surface area contributed by atoms with E-state index in [9.17, 15) is 14.4 Å². The van der Waals surface area contributed by atoms with Gasteiger partial charge in [-0.3, -0.25) is 14.4 Å². The molecule has 0 saturated carbocycles. The molecule has 0 radical (unpaired) electrons. The first kappa shape index (κ1) is 27.7. The molecule has 1 saturated heterocycles. The van der Waals surface area contributed by atoms with E-state index in [0.717, 1.165) is 21.5 Å². The summed E-state index contributed by atoms with van der Waals surface area (Å²) in [6.07, 6.45) is 0.446. The molecule has 210 valence electrons. The standard InChI is InChI=1S/C33H25Cl2N3O4/c34-24-12-8-22(9-13-24)19-30(39)37(17-16-21-4-3-5-25(35)18-21)28-20-31(40)38(33(28)41)26-14-10-23(11-15-26)32-36-27-6-1-2-7-29(27)42-32/h1-15,18,28H,16-17,19-20H2. The van der Waals surface area contributed by atoms with Gasteiger partial charge in [-0.25, -0.2) is 9.88 Å². The summed E-state index contributed by atoms with van der Waals surface area (Å²) in [6.45, 7) is 0.251. The van der Waals surface area contributed by atoms with E-state index < -0.39 is 11.9 Å². The van der Waals surface area contributed by atoms with Gasteiger partial charge in [-0.15, -0.1) is 0 Å². The zero-order valence-corrected chi connectivity index (χ0v) is 23.9. The number of hydrogen-bond acceptors (Lipinski definition) is 5. The lowest BCUT2D eigenvalue weighted by Crippen LogP contribution is -2.47. The third-order valence-corrected chi connectivity index (χ3v) is 7.77. The van der Waals surface area contributed by atoms with Crippen molar-refractivity contribution in [3.63, 3.8) is 0 Å². The van der Waals surface area contributed by atoms with Gasteiger partial charge in [0.25, 0.3) is 5.91 Å². The predicted octanol–water partition coefficient (Wildman–Crippen LogP) is 6.75. The van der Waals surface area contributed by atoms with Crippen LogP contribution < -0.4 is 4.90 Å². The van der Waals surface area contributed by atoms with E-state index in [1.54, 1.807) is 54.6 Å². The Labute approximate surface area is 252 Å². The molecular weight excluding hydrogens is 573 g/mol. The molecule has 1 fully saturated rings. The molecule has 42 heavy (non-hydrogen) atoms. The minimum atomic E-state index is -0.923. The van der Waals surface area contributed by atoms with Gasteiger partial charge in [0.2, 0.25) is 17.7 Å². The lowest BCUT2D eigenvalue weighted by molar-refractivity contribution is -0.137. The normalized spacial score (nSPS) is 15.0. The first-order chi connectivity index (χ1) is 20.4. The van der Waals surface area contributed by atoms with Crippen molar-refractivity contribution in [2.75, 3.05) is 11.4 Å². The molecule has 1 aromatic heterocycles. The molecule has 3 amide bonds. The fourth-order valence-electron chi connectivity index (χ4n) is 5.15. The van der Waals surface area contributed by atoms with Crippen LogP contribution in [0.25, 0.3) is 22.6 Å². The van der Waals surface area contributed by atoms with Crippen molar-refractivity contribution in [1.29, 1.82) is 0 Å². The Morgan fingerprint density at radius 2 is 1.64 bits per heavy atom. The highest BCUT2D eigenvalue weighted by atomic mass is 35.5. The smallest absolute Gasteiger partial charge is 0.257 e. The van der Waals surface area contributed by atoms with Crippen molar-refractivity contribution in [3.05, 3.63) is 118 Å². The van der Waals surface area contributed by atoms with Crippen LogP contribution in [0.5, 0.6) is 0 Å². The van der Waals surface area contributed by atoms with Crippen molar-refractivity contribution in [2.24, 2.45) is 0 Å². The minimum Gasteiger partial charge on any atom is -0.436 e. The van der Waals surface area contributed by atoms with Crippen LogP contribution in [0.3, 0.4) is 0 Å². The largest absolute Gasteiger partial charge is 0.436 e. The van der Waals surface area contributed by atoms with E-state index in [4.69, 9.17) is 27.6 Å². The average molecular weight is 598 g/mol. The van der Waals surface area contributed by atoms with Crippen molar-refractivity contribution >= 4 is 57.7 Å². The average Bonchev–Trinajstić information content (AvgIpc) is 3.55. The molecular formula is C33H25Cl2N3O4. The van der Waals surface area contributed by atoms with Crippen molar-refractivity contribution in [2.45, 2.75) is 25.3 Å². The van der Waals surface area contributed by atoms with Gasteiger partial charge in [-0.05, 0) is 78.2 Å². The summed E-state index contributed by atoms with van der Waals surface area (Å²) in [7, 11) is 0. The molecule has 1 atom stereocenters. The number of amides is 3. The molecule has 0 bridgehead atoms. The van der Waals surface area contributed by atoms with Crippen LogP contribution >= 0.6 is 23.2 Å². The van der Waals surface area contributed by atoms with Gasteiger partial charge in [0.05, 0.1) is 18.5 Å². The number of aromatic nitrogens is 1. The minimum absolute atomic E-state index is 0.0733. The number of halogens is 2. The molecule has 7 nitrogen and oxygen atoms in total. The van der Waals surface area contributed by atoms with Gasteiger partial charge >= 0.3 is 0 Å². The first-order valence-corrected chi connectivity index (χ1v) is 14.2. The van der Waals surface area contributed by atoms with E-state index in [2.05, 4.69) is 4.98 Å². The van der Waals surface area contributed by atoms with Gasteiger partial charge < -0.3 is 9.32 Å². The number of carbonyl (C=O) groups excluding carboxylic acids is 3. The number of nitrogens with zero attached hydrogens (tertiary/aromatic N) is 3. The monoisotopic (exact) mass is 597 g/mol. The maximum absolute atomic E-state index is 13.7. The van der Waals surface area contributed by atoms with Crippen LogP contribution in [0.1, 0.15) is 17.5 Å². The fraction of sp³-hybridized carbons (Fsp3) is 0.152. The van der Waals surface area contributed by atoms with E-state index >= 15 is 0 Å². The Hall–Kier alpha value is -4.46. The molecule has 4 aromatic carbocycles. The Balaban J connectivity index is 1.24.